The second-order valence-electron chi connectivity index (χ2n) is 9.43. The summed E-state index contributed by atoms with van der Waals surface area (Å²) in [7, 11) is 0. The van der Waals surface area contributed by atoms with Crippen molar-refractivity contribution in [2.75, 3.05) is 0 Å². The molecule has 0 fully saturated rings. The Hall–Kier alpha value is -0.660. The van der Waals surface area contributed by atoms with Crippen LogP contribution in [0.5, 0.6) is 0 Å². The summed E-state index contributed by atoms with van der Waals surface area (Å²) in [6.07, 6.45) is 2.25. The quantitative estimate of drug-likeness (QED) is 0.253. The van der Waals surface area contributed by atoms with E-state index < -0.39 is 0 Å². The molecule has 0 aliphatic carbocycles. The zero-order valence-electron chi connectivity index (χ0n) is 22.1. The van der Waals surface area contributed by atoms with E-state index in [4.69, 9.17) is 0 Å². The number of benzene rings is 2. The fourth-order valence-corrected chi connectivity index (χ4v) is 3.93. The first-order chi connectivity index (χ1) is 15.2. The van der Waals surface area contributed by atoms with Gasteiger partial charge in [-0.2, -0.15) is 12.1 Å². The molecule has 4 aromatic carbocycles. The van der Waals surface area contributed by atoms with Crippen LogP contribution in [0.15, 0.2) is 60.7 Å². The van der Waals surface area contributed by atoms with Crippen LogP contribution in [0.4, 0.5) is 0 Å². The Labute approximate surface area is 235 Å². The van der Waals surface area contributed by atoms with Crippen LogP contribution in [0.3, 0.4) is 0 Å². The van der Waals surface area contributed by atoms with E-state index in [1.807, 2.05) is 0 Å². The molecule has 0 nitrogen and oxygen atoms in total. The summed E-state index contributed by atoms with van der Waals surface area (Å²) >= 11 is 1.74. The van der Waals surface area contributed by atoms with Crippen LogP contribution in [0.1, 0.15) is 75.6 Å². The molecule has 4 rings (SSSR count). The van der Waals surface area contributed by atoms with E-state index in [2.05, 4.69) is 115 Å². The monoisotopic (exact) mass is 588 g/mol. The minimum absolute atomic E-state index is 0. The van der Waals surface area contributed by atoms with E-state index >= 15 is 0 Å². The standard InChI is InChI=1S/2C14H17.C2H6Si.2ClH.Zr/c2*1-4-11-6-5-7-12-8-13(10(2)3)9-14(11)12;1-3-2;;;/h2*5-10H,4H2,1-3H3;1-2H3;2*1H;/q2*-1;;;;+2/p-2. The topological polar surface area (TPSA) is 0 Å². The Morgan fingerprint density at radius 1 is 0.706 bits per heavy atom. The van der Waals surface area contributed by atoms with Gasteiger partial charge >= 0.3 is 41.9 Å². The second-order valence-corrected chi connectivity index (χ2v) is 18.8. The van der Waals surface area contributed by atoms with Crippen LogP contribution in [0.25, 0.3) is 21.5 Å². The molecule has 0 aromatic heterocycles. The first-order valence-electron chi connectivity index (χ1n) is 12.1. The van der Waals surface area contributed by atoms with Crippen molar-refractivity contribution in [1.29, 1.82) is 0 Å². The molecule has 0 saturated carbocycles. The van der Waals surface area contributed by atoms with Crippen molar-refractivity contribution in [3.63, 3.8) is 0 Å². The molecule has 4 aromatic rings. The van der Waals surface area contributed by atoms with Gasteiger partial charge in [0, 0.05) is 0 Å². The molecule has 0 aliphatic heterocycles. The molecular weight excluding hydrogens is 551 g/mol. The van der Waals surface area contributed by atoms with Crippen LogP contribution < -0.4 is 24.8 Å². The molecule has 0 bridgehead atoms. The summed E-state index contributed by atoms with van der Waals surface area (Å²) in [5.41, 5.74) is 6.06. The number of hydrogen-bond acceptors (Lipinski definition) is 0. The molecule has 0 radical (unpaired) electrons. The summed E-state index contributed by atoms with van der Waals surface area (Å²) in [5.74, 6) is 1.26. The van der Waals surface area contributed by atoms with Crippen molar-refractivity contribution in [2.45, 2.75) is 79.3 Å². The Morgan fingerprint density at radius 3 is 1.29 bits per heavy atom. The average molecular weight is 591 g/mol. The zero-order chi connectivity index (χ0) is 23.8. The Morgan fingerprint density at radius 2 is 1.03 bits per heavy atom. The van der Waals surface area contributed by atoms with Gasteiger partial charge in [0.1, 0.15) is 0 Å². The van der Waals surface area contributed by atoms with E-state index in [0.29, 0.717) is 11.8 Å². The van der Waals surface area contributed by atoms with E-state index in [-0.39, 0.29) is 30.2 Å². The summed E-state index contributed by atoms with van der Waals surface area (Å²) in [6, 6.07) is 22.5. The molecule has 0 atom stereocenters. The second kappa shape index (κ2) is 16.2. The third-order valence-electron chi connectivity index (χ3n) is 5.82. The van der Waals surface area contributed by atoms with Crippen LogP contribution in [-0.2, 0) is 36.2 Å². The maximum Gasteiger partial charge on any atom is -1.00 e. The fourth-order valence-electron chi connectivity index (χ4n) is 3.93. The number of rotatable bonds is 4. The van der Waals surface area contributed by atoms with Crippen molar-refractivity contribution < 1.29 is 48.1 Å². The van der Waals surface area contributed by atoms with E-state index in [1.54, 1.807) is 23.3 Å². The van der Waals surface area contributed by atoms with Crippen molar-refractivity contribution in [3.05, 3.63) is 82.9 Å². The summed E-state index contributed by atoms with van der Waals surface area (Å²) < 4.78 is 0. The molecule has 0 aliphatic rings. The Bertz CT molecular complexity index is 1060. The van der Waals surface area contributed by atoms with Crippen LogP contribution in [0.2, 0.25) is 13.1 Å². The van der Waals surface area contributed by atoms with Crippen LogP contribution in [-0.4, -0.2) is 5.43 Å². The maximum absolute atomic E-state index is 2.35. The van der Waals surface area contributed by atoms with E-state index in [9.17, 15) is 0 Å². The first-order valence-corrected chi connectivity index (χ1v) is 18.2. The molecule has 0 saturated heterocycles. The molecule has 4 heteroatoms. The van der Waals surface area contributed by atoms with Gasteiger partial charge in [-0.1, -0.05) is 64.8 Å². The predicted molar refractivity (Wildman–Crippen MR) is 143 cm³/mol. The molecule has 184 valence electrons. The van der Waals surface area contributed by atoms with Gasteiger partial charge in [0.25, 0.3) is 0 Å². The Balaban J connectivity index is 0.000000528. The smallest absolute Gasteiger partial charge is 1.00 e. The van der Waals surface area contributed by atoms with Crippen LogP contribution >= 0.6 is 0 Å². The largest absolute Gasteiger partial charge is 1.00 e. The molecule has 0 unspecified atom stereocenters. The summed E-state index contributed by atoms with van der Waals surface area (Å²) in [4.78, 5) is 0. The van der Waals surface area contributed by atoms with Gasteiger partial charge in [-0.15, -0.1) is 69.1 Å². The first kappa shape index (κ1) is 33.3. The average Bonchev–Trinajstić information content (AvgIpc) is 3.38. The SMILES string of the molecule is CCc1cccc2[cH-]c(C(C)C)cc12.CCc1cccc2[cH-]c(C(C)C)cc12.C[Si](C)=[Zr+2].[Cl-].[Cl-]. The van der Waals surface area contributed by atoms with Gasteiger partial charge in [0.15, 0.2) is 0 Å². The fraction of sp³-hybridized carbons (Fsp3) is 0.400. The van der Waals surface area contributed by atoms with Crippen molar-refractivity contribution in [3.8, 4) is 0 Å². The van der Waals surface area contributed by atoms with E-state index in [0.717, 1.165) is 12.8 Å². The minimum atomic E-state index is 0. The summed E-state index contributed by atoms with van der Waals surface area (Å²) in [5, 5.41) is 5.68. The number of aryl methyl sites for hydroxylation is 2. The number of halogens is 2. The third kappa shape index (κ3) is 9.42. The normalized spacial score (nSPS) is 10.2. The van der Waals surface area contributed by atoms with Gasteiger partial charge in [-0.3, -0.25) is 0 Å². The molecule has 0 spiro atoms. The van der Waals surface area contributed by atoms with Gasteiger partial charge in [-0.25, -0.2) is 0 Å². The molecule has 0 N–H and O–H groups in total. The van der Waals surface area contributed by atoms with Gasteiger partial charge < -0.3 is 24.8 Å². The molecular formula is C30H40Cl2SiZr-2. The van der Waals surface area contributed by atoms with Gasteiger partial charge in [-0.05, 0) is 24.7 Å². The summed E-state index contributed by atoms with van der Waals surface area (Å²) in [6.45, 7) is 18.1. The van der Waals surface area contributed by atoms with Gasteiger partial charge in [0.05, 0.1) is 0 Å². The minimum Gasteiger partial charge on any atom is -1.00 e. The van der Waals surface area contributed by atoms with Crippen molar-refractivity contribution >= 4 is 27.0 Å². The molecule has 34 heavy (non-hydrogen) atoms. The van der Waals surface area contributed by atoms with Crippen molar-refractivity contribution in [1.82, 2.24) is 0 Å². The van der Waals surface area contributed by atoms with Crippen LogP contribution in [0, 0.1) is 0 Å². The van der Waals surface area contributed by atoms with Crippen molar-refractivity contribution in [2.24, 2.45) is 0 Å². The van der Waals surface area contributed by atoms with Gasteiger partial charge in [0.2, 0.25) is 0 Å². The zero-order valence-corrected chi connectivity index (χ0v) is 27.1. The molecule has 0 amide bonds. The molecule has 0 heterocycles. The third-order valence-corrected chi connectivity index (χ3v) is 5.82. The Kier molecular flexibility index (Phi) is 15.8. The number of fused-ring (bicyclic) bond motifs is 2. The predicted octanol–water partition coefficient (Wildman–Crippen LogP) is 3.28. The number of hydrogen-bond donors (Lipinski definition) is 0. The van der Waals surface area contributed by atoms with E-state index in [1.165, 1.54) is 43.8 Å². The maximum atomic E-state index is 2.35.